The van der Waals surface area contributed by atoms with Crippen LogP contribution in [0.1, 0.15) is 34.2 Å². The molecule has 45 heavy (non-hydrogen) atoms. The molecule has 0 amide bonds. The largest absolute Gasteiger partial charge is 0.457 e. The number of nitrogens with zero attached hydrogens (tertiary/aromatic N) is 2. The molecule has 4 aromatic rings. The number of halogens is 8. The molecule has 4 aromatic carbocycles. The Kier molecular flexibility index (Phi) is 11.4. The Hall–Kier alpha value is -4.85. The summed E-state index contributed by atoms with van der Waals surface area (Å²) >= 11 is 0. The van der Waals surface area contributed by atoms with Crippen molar-refractivity contribution in [2.75, 3.05) is 7.05 Å². The minimum Gasteiger partial charge on any atom is -0.457 e. The third-order valence-corrected chi connectivity index (χ3v) is 6.32. The second-order valence-electron chi connectivity index (χ2n) is 9.33. The summed E-state index contributed by atoms with van der Waals surface area (Å²) in [6.07, 6.45) is -13.0. The summed E-state index contributed by atoms with van der Waals surface area (Å²) in [5.74, 6) is -0.0895. The van der Waals surface area contributed by atoms with Crippen molar-refractivity contribution in [2.24, 2.45) is 10.8 Å². The smallest absolute Gasteiger partial charge is 0.416 e. The minimum atomic E-state index is -4.96. The van der Waals surface area contributed by atoms with Gasteiger partial charge >= 0.3 is 12.4 Å². The molecule has 0 spiro atoms. The number of para-hydroxylation sites is 2. The van der Waals surface area contributed by atoms with Crippen LogP contribution in [0.3, 0.4) is 0 Å². The SMILES string of the molecule is CN.N=NC(=N)N(Cc1cc(C(F)F)cc(C(F)(F)F)c1)Cc1cc(C(F)(F)F)ccc1-c1ccccc1Oc1ccccc1. The maximum atomic E-state index is 13.7. The van der Waals surface area contributed by atoms with Crippen LogP contribution in [0.4, 0.5) is 35.1 Å². The van der Waals surface area contributed by atoms with Gasteiger partial charge in [-0.2, -0.15) is 26.3 Å². The second kappa shape index (κ2) is 14.8. The van der Waals surface area contributed by atoms with Crippen molar-refractivity contribution in [2.45, 2.75) is 31.9 Å². The molecule has 0 aliphatic heterocycles. The molecule has 6 nitrogen and oxygen atoms in total. The molecule has 14 heteroatoms. The molecule has 0 bridgehead atoms. The minimum absolute atomic E-state index is 0.0339. The van der Waals surface area contributed by atoms with Crippen LogP contribution in [0.15, 0.2) is 96.1 Å². The van der Waals surface area contributed by atoms with E-state index in [1.807, 2.05) is 0 Å². The number of rotatable bonds is 8. The van der Waals surface area contributed by atoms with E-state index in [1.165, 1.54) is 13.1 Å². The summed E-state index contributed by atoms with van der Waals surface area (Å²) in [5, 5.41) is 11.1. The molecule has 0 aliphatic rings. The van der Waals surface area contributed by atoms with Crippen LogP contribution in [0.25, 0.3) is 11.1 Å². The lowest BCUT2D eigenvalue weighted by molar-refractivity contribution is -0.138. The van der Waals surface area contributed by atoms with E-state index in [0.717, 1.165) is 23.1 Å². The van der Waals surface area contributed by atoms with Crippen molar-refractivity contribution >= 4 is 5.96 Å². The van der Waals surface area contributed by atoms with Crippen molar-refractivity contribution in [1.82, 2.24) is 4.90 Å². The summed E-state index contributed by atoms with van der Waals surface area (Å²) < 4.78 is 114. The summed E-state index contributed by atoms with van der Waals surface area (Å²) in [5.41, 5.74) is 8.73. The average molecular weight is 638 g/mol. The van der Waals surface area contributed by atoms with Gasteiger partial charge in [-0.25, -0.2) is 14.3 Å². The topological polar surface area (TPSA) is 98.6 Å². The normalized spacial score (nSPS) is 11.4. The predicted octanol–water partition coefficient (Wildman–Crippen LogP) is 9.66. The van der Waals surface area contributed by atoms with Gasteiger partial charge in [0.25, 0.3) is 6.43 Å². The van der Waals surface area contributed by atoms with Crippen LogP contribution in [0, 0.1) is 10.9 Å². The predicted molar refractivity (Wildman–Crippen MR) is 152 cm³/mol. The van der Waals surface area contributed by atoms with Crippen LogP contribution in [-0.2, 0) is 25.4 Å². The zero-order chi connectivity index (χ0) is 33.4. The molecule has 0 unspecified atom stereocenters. The fourth-order valence-electron chi connectivity index (χ4n) is 4.36. The third-order valence-electron chi connectivity index (χ3n) is 6.32. The summed E-state index contributed by atoms with van der Waals surface area (Å²) in [4.78, 5) is 0.914. The van der Waals surface area contributed by atoms with Gasteiger partial charge in [0.15, 0.2) is 0 Å². The highest BCUT2D eigenvalue weighted by Gasteiger charge is 2.33. The van der Waals surface area contributed by atoms with E-state index in [-0.39, 0.29) is 22.4 Å². The van der Waals surface area contributed by atoms with Gasteiger partial charge in [0.2, 0.25) is 5.96 Å². The highest BCUT2D eigenvalue weighted by molar-refractivity contribution is 5.78. The zero-order valence-corrected chi connectivity index (χ0v) is 23.6. The zero-order valence-electron chi connectivity index (χ0n) is 23.6. The molecule has 0 saturated heterocycles. The Morgan fingerprint density at radius 3 is 2.00 bits per heavy atom. The molecule has 0 heterocycles. The third kappa shape index (κ3) is 9.08. The highest BCUT2D eigenvalue weighted by atomic mass is 19.4. The molecular weight excluding hydrogens is 610 g/mol. The van der Waals surface area contributed by atoms with Crippen LogP contribution in [0.5, 0.6) is 11.5 Å². The average Bonchev–Trinajstić information content (AvgIpc) is 3.01. The van der Waals surface area contributed by atoms with Crippen molar-refractivity contribution in [3.63, 3.8) is 0 Å². The van der Waals surface area contributed by atoms with Gasteiger partial charge in [0, 0.05) is 24.2 Å². The molecule has 238 valence electrons. The van der Waals surface area contributed by atoms with Crippen molar-refractivity contribution in [3.05, 3.63) is 119 Å². The number of ether oxygens (including phenoxy) is 1. The maximum absolute atomic E-state index is 13.7. The van der Waals surface area contributed by atoms with E-state index in [2.05, 4.69) is 10.8 Å². The number of benzene rings is 4. The quantitative estimate of drug-likeness (QED) is 0.0777. The second-order valence-corrected chi connectivity index (χ2v) is 9.33. The van der Waals surface area contributed by atoms with E-state index in [4.69, 9.17) is 15.7 Å². The van der Waals surface area contributed by atoms with Crippen LogP contribution in [-0.4, -0.2) is 17.9 Å². The molecular formula is C31H27F8N5O. The van der Waals surface area contributed by atoms with Crippen LogP contribution >= 0.6 is 0 Å². The van der Waals surface area contributed by atoms with Crippen molar-refractivity contribution in [1.29, 1.82) is 10.9 Å². The first-order valence-electron chi connectivity index (χ1n) is 13.1. The van der Waals surface area contributed by atoms with Gasteiger partial charge in [-0.05, 0) is 72.3 Å². The van der Waals surface area contributed by atoms with Gasteiger partial charge < -0.3 is 15.4 Å². The van der Waals surface area contributed by atoms with E-state index in [1.54, 1.807) is 54.6 Å². The lowest BCUT2D eigenvalue weighted by Crippen LogP contribution is -2.28. The van der Waals surface area contributed by atoms with E-state index >= 15 is 0 Å². The Morgan fingerprint density at radius 1 is 0.778 bits per heavy atom. The fraction of sp³-hybridized carbons (Fsp3) is 0.194. The molecule has 0 saturated carbocycles. The molecule has 0 aliphatic carbocycles. The van der Waals surface area contributed by atoms with Gasteiger partial charge in [-0.1, -0.05) is 42.5 Å². The first kappa shape index (κ1) is 34.6. The number of nitrogens with one attached hydrogen (secondary N) is 2. The van der Waals surface area contributed by atoms with Gasteiger partial charge in [0.05, 0.1) is 11.1 Å². The Bertz CT molecular complexity index is 1610. The van der Waals surface area contributed by atoms with Gasteiger partial charge in [-0.3, -0.25) is 5.41 Å². The maximum Gasteiger partial charge on any atom is 0.416 e. The number of guanidine groups is 1. The van der Waals surface area contributed by atoms with E-state index < -0.39 is 54.5 Å². The van der Waals surface area contributed by atoms with Gasteiger partial charge in [-0.15, -0.1) is 5.11 Å². The molecule has 4 N–H and O–H groups in total. The fourth-order valence-corrected chi connectivity index (χ4v) is 4.36. The Morgan fingerprint density at radius 2 is 1.40 bits per heavy atom. The van der Waals surface area contributed by atoms with Crippen LogP contribution < -0.4 is 10.5 Å². The van der Waals surface area contributed by atoms with Crippen molar-refractivity contribution in [3.8, 4) is 22.6 Å². The van der Waals surface area contributed by atoms with Crippen LogP contribution in [0.2, 0.25) is 0 Å². The standard InChI is InChI=1S/C30H22F8N4O.CH5N/c31-27(32)19-12-18(13-22(14-19)30(36,37)38)16-42(28(39)41-40)17-20-15-21(29(33,34)35)10-11-24(20)25-8-4-5-9-26(25)43-23-6-2-1-3-7-23;1-2/h1-15,27,39-40H,16-17H2;2H2,1H3. The van der Waals surface area contributed by atoms with E-state index in [0.29, 0.717) is 23.4 Å². The Balaban J connectivity index is 0.00000271. The van der Waals surface area contributed by atoms with E-state index in [9.17, 15) is 35.1 Å². The summed E-state index contributed by atoms with van der Waals surface area (Å²) in [7, 11) is 1.50. The first-order valence-corrected chi connectivity index (χ1v) is 13.1. The molecule has 4 rings (SSSR count). The summed E-state index contributed by atoms with van der Waals surface area (Å²) in [6, 6.07) is 19.6. The highest BCUT2D eigenvalue weighted by Crippen LogP contribution is 2.39. The summed E-state index contributed by atoms with van der Waals surface area (Å²) in [6.45, 7) is -1.18. The number of alkyl halides is 8. The monoisotopic (exact) mass is 637 g/mol. The number of hydrogen-bond donors (Lipinski definition) is 3. The first-order chi connectivity index (χ1) is 21.3. The Labute approximate surface area is 253 Å². The molecule has 0 aromatic heterocycles. The lowest BCUT2D eigenvalue weighted by atomic mass is 9.95. The molecule has 0 radical (unpaired) electrons. The van der Waals surface area contributed by atoms with Crippen molar-refractivity contribution < 1.29 is 39.9 Å². The lowest BCUT2D eigenvalue weighted by Gasteiger charge is -2.25. The van der Waals surface area contributed by atoms with Gasteiger partial charge in [0.1, 0.15) is 11.5 Å². The number of nitrogens with two attached hydrogens (primary N) is 1. The molecule has 0 fully saturated rings. The molecule has 0 atom stereocenters. The number of hydrogen-bond acceptors (Lipinski definition) is 4.